The van der Waals surface area contributed by atoms with Crippen LogP contribution < -0.4 is 8.91 Å². The largest absolute Gasteiger partial charge is 0.409 e. The Hall–Kier alpha value is -1.89. The smallest absolute Gasteiger partial charge is 0.367 e. The quantitative estimate of drug-likeness (QED) is 0.787. The lowest BCUT2D eigenvalue weighted by Gasteiger charge is -2.49. The number of carbonyl (C=O) groups excluding carboxylic acids is 2. The fourth-order valence-electron chi connectivity index (χ4n) is 6.42. The summed E-state index contributed by atoms with van der Waals surface area (Å²) in [5.41, 5.74) is 2.30. The molecular formula is C22H29NO5S. The minimum atomic E-state index is -4.15. The molecule has 0 aromatic heterocycles. The molecule has 2 saturated carbocycles. The second-order valence-corrected chi connectivity index (χ2v) is 10.2. The molecule has 6 nitrogen and oxygen atoms in total. The SMILES string of the molecule is CCCC12CCC3c4ccc(OS(=O)(=O)NC(C)=O)cc4CCC3C1CCC2=O. The number of hydrogen-bond donors (Lipinski definition) is 1. The first-order valence-corrected chi connectivity index (χ1v) is 12.1. The van der Waals surface area contributed by atoms with Gasteiger partial charge in [0.25, 0.3) is 0 Å². The third-order valence-electron chi connectivity index (χ3n) is 7.31. The van der Waals surface area contributed by atoms with E-state index in [1.807, 2.05) is 10.8 Å². The van der Waals surface area contributed by atoms with E-state index in [9.17, 15) is 18.0 Å². The summed E-state index contributed by atoms with van der Waals surface area (Å²) in [6.45, 7) is 3.31. The van der Waals surface area contributed by atoms with Crippen LogP contribution in [0.3, 0.4) is 0 Å². The van der Waals surface area contributed by atoms with E-state index in [4.69, 9.17) is 4.18 Å². The van der Waals surface area contributed by atoms with Gasteiger partial charge in [-0.3, -0.25) is 9.59 Å². The van der Waals surface area contributed by atoms with E-state index in [0.717, 1.165) is 63.9 Å². The number of benzene rings is 1. The van der Waals surface area contributed by atoms with Crippen molar-refractivity contribution >= 4 is 22.0 Å². The predicted molar refractivity (Wildman–Crippen MR) is 109 cm³/mol. The summed E-state index contributed by atoms with van der Waals surface area (Å²) in [5.74, 6) is 1.47. The van der Waals surface area contributed by atoms with Crippen molar-refractivity contribution in [3.8, 4) is 5.75 Å². The van der Waals surface area contributed by atoms with E-state index in [2.05, 4.69) is 6.92 Å². The highest BCUT2D eigenvalue weighted by atomic mass is 32.2. The Labute approximate surface area is 172 Å². The lowest BCUT2D eigenvalue weighted by molar-refractivity contribution is -0.131. The van der Waals surface area contributed by atoms with Crippen molar-refractivity contribution in [3.05, 3.63) is 29.3 Å². The van der Waals surface area contributed by atoms with Gasteiger partial charge in [0.2, 0.25) is 5.91 Å². The number of ketones is 1. The van der Waals surface area contributed by atoms with E-state index in [-0.39, 0.29) is 11.2 Å². The Bertz CT molecular complexity index is 941. The van der Waals surface area contributed by atoms with Crippen LogP contribution in [0.1, 0.15) is 75.8 Å². The molecule has 1 amide bonds. The van der Waals surface area contributed by atoms with Gasteiger partial charge in [0.1, 0.15) is 11.5 Å². The fraction of sp³-hybridized carbons (Fsp3) is 0.636. The average Bonchev–Trinajstić information content (AvgIpc) is 2.97. The second kappa shape index (κ2) is 7.42. The van der Waals surface area contributed by atoms with Gasteiger partial charge in [-0.15, -0.1) is 0 Å². The Balaban J connectivity index is 1.58. The zero-order valence-corrected chi connectivity index (χ0v) is 17.9. The third-order valence-corrected chi connectivity index (χ3v) is 8.26. The van der Waals surface area contributed by atoms with E-state index in [0.29, 0.717) is 23.5 Å². The summed E-state index contributed by atoms with van der Waals surface area (Å²) in [5, 5.41) is 0. The van der Waals surface area contributed by atoms with Gasteiger partial charge in [0, 0.05) is 18.8 Å². The molecular weight excluding hydrogens is 390 g/mol. The number of fused-ring (bicyclic) bond motifs is 5. The zero-order chi connectivity index (χ0) is 20.8. The highest BCUT2D eigenvalue weighted by molar-refractivity contribution is 7.85. The van der Waals surface area contributed by atoms with Gasteiger partial charge >= 0.3 is 10.3 Å². The first-order chi connectivity index (χ1) is 13.8. The van der Waals surface area contributed by atoms with Gasteiger partial charge in [-0.05, 0) is 79.5 Å². The predicted octanol–water partition coefficient (Wildman–Crippen LogP) is 3.65. The normalized spacial score (nSPS) is 30.8. The molecule has 0 saturated heterocycles. The highest BCUT2D eigenvalue weighted by Gasteiger charge is 2.56. The standard InChI is InChI=1S/C22H29NO5S/c1-3-11-22-12-10-18-17-7-5-16(28-29(26,27)23-14(2)24)13-15(17)4-6-19(18)20(22)8-9-21(22)25/h5,7,13,18-20H,3-4,6,8-12H2,1-2H3,(H,23,24). The maximum absolute atomic E-state index is 12.8. The molecule has 0 radical (unpaired) electrons. The first kappa shape index (κ1) is 20.4. The summed E-state index contributed by atoms with van der Waals surface area (Å²) in [4.78, 5) is 23.8. The Morgan fingerprint density at radius 3 is 2.76 bits per heavy atom. The Morgan fingerprint density at radius 1 is 1.24 bits per heavy atom. The van der Waals surface area contributed by atoms with Crippen LogP contribution in [0.4, 0.5) is 0 Å². The molecule has 0 bridgehead atoms. The molecule has 1 aromatic rings. The van der Waals surface area contributed by atoms with Crippen LogP contribution in [0.2, 0.25) is 0 Å². The molecule has 2 fully saturated rings. The first-order valence-electron chi connectivity index (χ1n) is 10.6. The van der Waals surface area contributed by atoms with Crippen LogP contribution >= 0.6 is 0 Å². The van der Waals surface area contributed by atoms with Crippen LogP contribution in [-0.2, 0) is 26.3 Å². The van der Waals surface area contributed by atoms with Crippen molar-refractivity contribution in [3.63, 3.8) is 0 Å². The molecule has 29 heavy (non-hydrogen) atoms. The highest BCUT2D eigenvalue weighted by Crippen LogP contribution is 2.61. The van der Waals surface area contributed by atoms with Gasteiger partial charge in [0.05, 0.1) is 0 Å². The number of nitrogens with one attached hydrogen (secondary N) is 1. The van der Waals surface area contributed by atoms with Crippen molar-refractivity contribution in [1.29, 1.82) is 0 Å². The molecule has 0 heterocycles. The van der Waals surface area contributed by atoms with Crippen molar-refractivity contribution in [2.75, 3.05) is 0 Å². The third kappa shape index (κ3) is 3.58. The number of amides is 1. The van der Waals surface area contributed by atoms with Crippen molar-refractivity contribution < 1.29 is 22.2 Å². The molecule has 3 aliphatic rings. The molecule has 1 aromatic carbocycles. The number of Topliss-reactive ketones (excluding diaryl/α,β-unsaturated/α-hetero) is 1. The monoisotopic (exact) mass is 419 g/mol. The fourth-order valence-corrected chi connectivity index (χ4v) is 7.17. The summed E-state index contributed by atoms with van der Waals surface area (Å²) >= 11 is 0. The van der Waals surface area contributed by atoms with Gasteiger partial charge in [0.15, 0.2) is 0 Å². The van der Waals surface area contributed by atoms with E-state index < -0.39 is 16.2 Å². The van der Waals surface area contributed by atoms with Crippen LogP contribution in [0.15, 0.2) is 18.2 Å². The minimum Gasteiger partial charge on any atom is -0.367 e. The molecule has 158 valence electrons. The van der Waals surface area contributed by atoms with Crippen LogP contribution in [0, 0.1) is 17.3 Å². The molecule has 0 aliphatic heterocycles. The minimum absolute atomic E-state index is 0.0943. The number of carbonyl (C=O) groups is 2. The summed E-state index contributed by atoms with van der Waals surface area (Å²) in [7, 11) is -4.15. The number of aryl methyl sites for hydroxylation is 1. The molecule has 0 spiro atoms. The lowest BCUT2D eigenvalue weighted by atomic mass is 9.54. The van der Waals surface area contributed by atoms with E-state index >= 15 is 0 Å². The topological polar surface area (TPSA) is 89.5 Å². The van der Waals surface area contributed by atoms with Crippen LogP contribution in [0.25, 0.3) is 0 Å². The van der Waals surface area contributed by atoms with E-state index in [1.54, 1.807) is 12.1 Å². The zero-order valence-electron chi connectivity index (χ0n) is 17.1. The molecule has 1 N–H and O–H groups in total. The molecule has 7 heteroatoms. The number of rotatable bonds is 5. The molecule has 4 unspecified atom stereocenters. The second-order valence-electron chi connectivity index (χ2n) is 8.88. The van der Waals surface area contributed by atoms with Crippen molar-refractivity contribution in [1.82, 2.24) is 4.72 Å². The van der Waals surface area contributed by atoms with Gasteiger partial charge in [-0.2, -0.15) is 8.42 Å². The van der Waals surface area contributed by atoms with Crippen LogP contribution in [0.5, 0.6) is 5.75 Å². The summed E-state index contributed by atoms with van der Waals surface area (Å²) in [6, 6.07) is 5.45. The van der Waals surface area contributed by atoms with Gasteiger partial charge < -0.3 is 4.18 Å². The average molecular weight is 420 g/mol. The maximum atomic E-state index is 12.8. The lowest BCUT2D eigenvalue weighted by Crippen LogP contribution is -2.44. The van der Waals surface area contributed by atoms with Crippen molar-refractivity contribution in [2.45, 2.75) is 71.1 Å². The van der Waals surface area contributed by atoms with E-state index in [1.165, 1.54) is 5.56 Å². The van der Waals surface area contributed by atoms with Gasteiger partial charge in [-0.1, -0.05) is 19.4 Å². The molecule has 3 aliphatic carbocycles. The van der Waals surface area contributed by atoms with Crippen LogP contribution in [-0.4, -0.2) is 20.1 Å². The Kier molecular flexibility index (Phi) is 5.21. The number of hydrogen-bond acceptors (Lipinski definition) is 5. The molecule has 4 atom stereocenters. The Morgan fingerprint density at radius 2 is 2.03 bits per heavy atom. The summed E-state index contributed by atoms with van der Waals surface area (Å²) < 4.78 is 30.6. The van der Waals surface area contributed by atoms with Crippen molar-refractivity contribution in [2.24, 2.45) is 17.3 Å². The summed E-state index contributed by atoms with van der Waals surface area (Å²) in [6.07, 6.45) is 7.70. The molecule has 4 rings (SSSR count). The maximum Gasteiger partial charge on any atom is 0.409 e. The van der Waals surface area contributed by atoms with Gasteiger partial charge in [-0.25, -0.2) is 4.72 Å².